The first-order valence-corrected chi connectivity index (χ1v) is 14.0. The van der Waals surface area contributed by atoms with Gasteiger partial charge < -0.3 is 15.1 Å². The molecule has 5 rings (SSSR count). The van der Waals surface area contributed by atoms with Crippen molar-refractivity contribution in [2.24, 2.45) is 0 Å². The monoisotopic (exact) mass is 533 g/mol. The molecule has 0 aliphatic carbocycles. The van der Waals surface area contributed by atoms with E-state index in [-0.39, 0.29) is 11.9 Å². The smallest absolute Gasteiger partial charge is 0.154 e. The molecule has 3 atom stereocenters. The number of rotatable bonds is 8. The topological polar surface area (TPSA) is 86.8 Å². The first-order valence-electron chi connectivity index (χ1n) is 14.0. The molecule has 208 valence electrons. The summed E-state index contributed by atoms with van der Waals surface area (Å²) in [7, 11) is 0. The van der Waals surface area contributed by atoms with Gasteiger partial charge in [-0.2, -0.15) is 0 Å². The van der Waals surface area contributed by atoms with Crippen molar-refractivity contribution < 1.29 is 14.6 Å². The number of imidazole rings is 1. The van der Waals surface area contributed by atoms with Crippen LogP contribution >= 0.6 is 0 Å². The SMILES string of the molecule is CC(C)c1cccc(-c2cnc3ccc(N4CCCC4c4cccc(F)c4)nn23)n1.CCCC(O)[C@@H](O)CC. The van der Waals surface area contributed by atoms with Gasteiger partial charge in [-0.05, 0) is 73.6 Å². The summed E-state index contributed by atoms with van der Waals surface area (Å²) in [5.41, 5.74) is 4.56. The van der Waals surface area contributed by atoms with Gasteiger partial charge in [0.25, 0.3) is 0 Å². The van der Waals surface area contributed by atoms with Crippen molar-refractivity contribution in [1.82, 2.24) is 19.6 Å². The molecule has 0 saturated carbocycles. The summed E-state index contributed by atoms with van der Waals surface area (Å²) in [6.07, 6.45) is 5.10. The molecule has 39 heavy (non-hydrogen) atoms. The number of nitrogens with zero attached hydrogens (tertiary/aromatic N) is 5. The number of aliphatic hydroxyl groups excluding tert-OH is 2. The van der Waals surface area contributed by atoms with Crippen molar-refractivity contribution in [2.75, 3.05) is 11.4 Å². The Hall–Kier alpha value is -3.36. The van der Waals surface area contributed by atoms with Crippen LogP contribution in [0.3, 0.4) is 0 Å². The molecule has 0 bridgehead atoms. The quantitative estimate of drug-likeness (QED) is 0.276. The molecule has 2 unspecified atom stereocenters. The minimum Gasteiger partial charge on any atom is -0.390 e. The molecule has 3 aromatic heterocycles. The van der Waals surface area contributed by atoms with E-state index < -0.39 is 12.2 Å². The van der Waals surface area contributed by atoms with Crippen LogP contribution in [0.15, 0.2) is 60.8 Å². The minimum atomic E-state index is -0.523. The van der Waals surface area contributed by atoms with E-state index in [1.807, 2.05) is 61.0 Å². The Balaban J connectivity index is 0.000000340. The number of hydrogen-bond acceptors (Lipinski definition) is 6. The average molecular weight is 534 g/mol. The molecule has 1 aliphatic rings. The number of pyridine rings is 1. The second kappa shape index (κ2) is 13.1. The molecule has 0 amide bonds. The summed E-state index contributed by atoms with van der Waals surface area (Å²) in [5, 5.41) is 23.0. The molecule has 1 aromatic carbocycles. The standard InChI is InChI=1S/C24H24FN5.C7H16O2/c1-16(2)19-8-4-9-20(27-19)22-15-26-23-11-12-24(28-30(22)23)29-13-5-10-21(29)17-6-3-7-18(25)14-17;1-3-5-7(9)6(8)4-2/h3-4,6-9,11-12,14-16,21H,5,10,13H2,1-2H3;6-9H,3-5H2,1-2H3/t;6-,7?/m.0/s1. The first kappa shape index (κ1) is 28.6. The molecule has 4 heterocycles. The van der Waals surface area contributed by atoms with Gasteiger partial charge in [0, 0.05) is 12.2 Å². The van der Waals surface area contributed by atoms with Gasteiger partial charge in [-0.25, -0.2) is 13.9 Å². The highest BCUT2D eigenvalue weighted by Gasteiger charge is 2.28. The zero-order chi connectivity index (χ0) is 27.9. The molecule has 8 heteroatoms. The largest absolute Gasteiger partial charge is 0.390 e. The van der Waals surface area contributed by atoms with Gasteiger partial charge in [0.15, 0.2) is 5.65 Å². The maximum atomic E-state index is 13.8. The fourth-order valence-corrected chi connectivity index (χ4v) is 4.97. The normalized spacial score (nSPS) is 16.8. The molecule has 4 aromatic rings. The fourth-order valence-electron chi connectivity index (χ4n) is 4.97. The lowest BCUT2D eigenvalue weighted by Crippen LogP contribution is -2.24. The zero-order valence-electron chi connectivity index (χ0n) is 23.3. The van der Waals surface area contributed by atoms with E-state index in [9.17, 15) is 4.39 Å². The van der Waals surface area contributed by atoms with E-state index in [4.69, 9.17) is 20.3 Å². The molecular weight excluding hydrogens is 493 g/mol. The number of halogens is 1. The minimum absolute atomic E-state index is 0.125. The van der Waals surface area contributed by atoms with Crippen LogP contribution in [0.2, 0.25) is 0 Å². The predicted octanol–water partition coefficient (Wildman–Crippen LogP) is 6.31. The Morgan fingerprint density at radius 3 is 2.54 bits per heavy atom. The molecule has 0 spiro atoms. The summed E-state index contributed by atoms with van der Waals surface area (Å²) in [4.78, 5) is 11.6. The lowest BCUT2D eigenvalue weighted by Gasteiger charge is -2.26. The van der Waals surface area contributed by atoms with Crippen LogP contribution < -0.4 is 4.90 Å². The number of benzene rings is 1. The second-order valence-corrected chi connectivity index (χ2v) is 10.4. The van der Waals surface area contributed by atoms with Gasteiger partial charge >= 0.3 is 0 Å². The number of aliphatic hydroxyl groups is 2. The van der Waals surface area contributed by atoms with E-state index >= 15 is 0 Å². The molecule has 1 aliphatic heterocycles. The third-order valence-electron chi connectivity index (χ3n) is 7.20. The highest BCUT2D eigenvalue weighted by atomic mass is 19.1. The first-order chi connectivity index (χ1) is 18.8. The summed E-state index contributed by atoms with van der Waals surface area (Å²) in [6, 6.07) is 17.1. The predicted molar refractivity (Wildman–Crippen MR) is 153 cm³/mol. The van der Waals surface area contributed by atoms with Crippen molar-refractivity contribution in [3.8, 4) is 11.4 Å². The third kappa shape index (κ3) is 6.81. The van der Waals surface area contributed by atoms with Crippen LogP contribution in [0, 0.1) is 5.82 Å². The summed E-state index contributed by atoms with van der Waals surface area (Å²) in [5.74, 6) is 1.02. The lowest BCUT2D eigenvalue weighted by molar-refractivity contribution is 0.0124. The Bertz CT molecular complexity index is 1360. The highest BCUT2D eigenvalue weighted by molar-refractivity contribution is 5.61. The zero-order valence-corrected chi connectivity index (χ0v) is 23.3. The number of aromatic nitrogens is 4. The van der Waals surface area contributed by atoms with Gasteiger partial charge in [0.05, 0.1) is 30.1 Å². The van der Waals surface area contributed by atoms with Crippen molar-refractivity contribution in [1.29, 1.82) is 0 Å². The van der Waals surface area contributed by atoms with Crippen LogP contribution in [0.1, 0.15) is 83.0 Å². The Labute approximate surface area is 230 Å². The molecule has 1 fully saturated rings. The van der Waals surface area contributed by atoms with Crippen LogP contribution in [0.4, 0.5) is 10.2 Å². The van der Waals surface area contributed by atoms with Gasteiger partial charge in [-0.3, -0.25) is 4.98 Å². The molecular formula is C31H40FN5O2. The summed E-state index contributed by atoms with van der Waals surface area (Å²) >= 11 is 0. The Morgan fingerprint density at radius 2 is 1.82 bits per heavy atom. The maximum Gasteiger partial charge on any atom is 0.154 e. The molecule has 0 radical (unpaired) electrons. The lowest BCUT2D eigenvalue weighted by atomic mass is 10.0. The van der Waals surface area contributed by atoms with Gasteiger partial charge in [0.1, 0.15) is 17.3 Å². The van der Waals surface area contributed by atoms with Gasteiger partial charge in [-0.15, -0.1) is 5.10 Å². The second-order valence-electron chi connectivity index (χ2n) is 10.4. The van der Waals surface area contributed by atoms with Crippen molar-refractivity contribution in [2.45, 2.75) is 84.0 Å². The highest BCUT2D eigenvalue weighted by Crippen LogP contribution is 2.35. The van der Waals surface area contributed by atoms with Crippen molar-refractivity contribution in [3.05, 3.63) is 77.9 Å². The summed E-state index contributed by atoms with van der Waals surface area (Å²) < 4.78 is 15.7. The van der Waals surface area contributed by atoms with Gasteiger partial charge in [-0.1, -0.05) is 52.3 Å². The number of fused-ring (bicyclic) bond motifs is 1. The van der Waals surface area contributed by atoms with E-state index in [2.05, 4.69) is 23.7 Å². The maximum absolute atomic E-state index is 13.8. The molecule has 2 N–H and O–H groups in total. The van der Waals surface area contributed by atoms with Crippen LogP contribution in [-0.2, 0) is 0 Å². The summed E-state index contributed by atoms with van der Waals surface area (Å²) in [6.45, 7) is 9.02. The Morgan fingerprint density at radius 1 is 1.03 bits per heavy atom. The van der Waals surface area contributed by atoms with Crippen LogP contribution in [0.5, 0.6) is 0 Å². The van der Waals surface area contributed by atoms with E-state index in [1.54, 1.807) is 12.1 Å². The number of hydrogen-bond donors (Lipinski definition) is 2. The average Bonchev–Trinajstić information content (AvgIpc) is 3.60. The number of anilines is 1. The van der Waals surface area contributed by atoms with Crippen LogP contribution in [0.25, 0.3) is 17.0 Å². The third-order valence-corrected chi connectivity index (χ3v) is 7.20. The van der Waals surface area contributed by atoms with Gasteiger partial charge in [0.2, 0.25) is 0 Å². The Kier molecular flexibility index (Phi) is 9.64. The van der Waals surface area contributed by atoms with Crippen molar-refractivity contribution >= 4 is 11.5 Å². The van der Waals surface area contributed by atoms with Crippen LogP contribution in [-0.4, -0.2) is 48.5 Å². The van der Waals surface area contributed by atoms with E-state index in [0.717, 1.165) is 59.9 Å². The fraction of sp³-hybridized carbons (Fsp3) is 0.452. The molecule has 1 saturated heterocycles. The van der Waals surface area contributed by atoms with Crippen molar-refractivity contribution in [3.63, 3.8) is 0 Å². The molecule has 7 nitrogen and oxygen atoms in total. The van der Waals surface area contributed by atoms with E-state index in [1.165, 1.54) is 6.07 Å². The van der Waals surface area contributed by atoms with E-state index in [0.29, 0.717) is 18.8 Å².